The Balaban J connectivity index is 3.42. The van der Waals surface area contributed by atoms with Crippen LogP contribution in [0.25, 0.3) is 0 Å². The van der Waals surface area contributed by atoms with Crippen molar-refractivity contribution in [2.45, 2.75) is 46.1 Å². The second kappa shape index (κ2) is 5.87. The van der Waals surface area contributed by atoms with Crippen molar-refractivity contribution < 1.29 is 5.11 Å². The highest BCUT2D eigenvalue weighted by atomic mass is 32.2. The van der Waals surface area contributed by atoms with E-state index in [4.69, 9.17) is 0 Å². The van der Waals surface area contributed by atoms with Crippen molar-refractivity contribution >= 4 is 11.8 Å². The normalized spacial score (nSPS) is 18.8. The number of hydrogen-bond donors (Lipinski definition) is 1. The van der Waals surface area contributed by atoms with Crippen LogP contribution in [0.15, 0.2) is 0 Å². The van der Waals surface area contributed by atoms with Crippen LogP contribution in [0.1, 0.15) is 40.5 Å². The molecule has 0 spiro atoms. The molecule has 0 aliphatic carbocycles. The van der Waals surface area contributed by atoms with Crippen LogP contribution in [0.2, 0.25) is 0 Å². The van der Waals surface area contributed by atoms with Crippen molar-refractivity contribution in [3.05, 3.63) is 0 Å². The standard InChI is InChI=1S/C10H22OS/c1-5-9(3)7-12-8-10(4,11)6-2/h9,11H,5-8H2,1-4H3. The molecular formula is C10H22OS. The molecule has 0 radical (unpaired) electrons. The van der Waals surface area contributed by atoms with Gasteiger partial charge in [-0.15, -0.1) is 0 Å². The lowest BCUT2D eigenvalue weighted by atomic mass is 10.1. The van der Waals surface area contributed by atoms with Gasteiger partial charge in [0.2, 0.25) is 0 Å². The Kier molecular flexibility index (Phi) is 6.02. The zero-order valence-electron chi connectivity index (χ0n) is 8.76. The lowest BCUT2D eigenvalue weighted by Gasteiger charge is -2.21. The van der Waals surface area contributed by atoms with Crippen LogP contribution in [0, 0.1) is 5.92 Å². The summed E-state index contributed by atoms with van der Waals surface area (Å²) in [5.74, 6) is 2.82. The minimum atomic E-state index is -0.460. The largest absolute Gasteiger partial charge is 0.389 e. The number of rotatable bonds is 6. The van der Waals surface area contributed by atoms with Crippen LogP contribution >= 0.6 is 11.8 Å². The minimum absolute atomic E-state index is 0.460. The Bertz CT molecular complexity index is 112. The van der Waals surface area contributed by atoms with Crippen molar-refractivity contribution in [1.82, 2.24) is 0 Å². The van der Waals surface area contributed by atoms with Gasteiger partial charge in [-0.3, -0.25) is 0 Å². The first-order chi connectivity index (χ1) is 5.52. The molecular weight excluding hydrogens is 168 g/mol. The molecule has 0 amide bonds. The molecule has 0 aromatic rings. The molecule has 0 aliphatic rings. The molecule has 0 aromatic heterocycles. The van der Waals surface area contributed by atoms with E-state index in [1.54, 1.807) is 0 Å². The quantitative estimate of drug-likeness (QED) is 0.695. The summed E-state index contributed by atoms with van der Waals surface area (Å²) in [7, 11) is 0. The van der Waals surface area contributed by atoms with Gasteiger partial charge in [0.25, 0.3) is 0 Å². The van der Waals surface area contributed by atoms with Gasteiger partial charge in [-0.1, -0.05) is 27.2 Å². The van der Waals surface area contributed by atoms with E-state index in [9.17, 15) is 5.11 Å². The minimum Gasteiger partial charge on any atom is -0.389 e. The second-order valence-electron chi connectivity index (χ2n) is 3.88. The second-order valence-corrected chi connectivity index (χ2v) is 4.91. The SMILES string of the molecule is CCC(C)CSCC(C)(O)CC. The topological polar surface area (TPSA) is 20.2 Å². The predicted molar refractivity (Wildman–Crippen MR) is 57.7 cm³/mol. The molecule has 12 heavy (non-hydrogen) atoms. The molecule has 0 saturated carbocycles. The van der Waals surface area contributed by atoms with Crippen molar-refractivity contribution in [3.63, 3.8) is 0 Å². The summed E-state index contributed by atoms with van der Waals surface area (Å²) in [5.41, 5.74) is -0.460. The summed E-state index contributed by atoms with van der Waals surface area (Å²) in [5, 5.41) is 9.69. The van der Waals surface area contributed by atoms with E-state index in [1.807, 2.05) is 25.6 Å². The fraction of sp³-hybridized carbons (Fsp3) is 1.00. The van der Waals surface area contributed by atoms with Crippen molar-refractivity contribution in [2.24, 2.45) is 5.92 Å². The van der Waals surface area contributed by atoms with E-state index in [0.29, 0.717) is 0 Å². The predicted octanol–water partition coefficient (Wildman–Crippen LogP) is 2.93. The zero-order chi connectivity index (χ0) is 9.61. The average molecular weight is 190 g/mol. The third-order valence-corrected chi connectivity index (χ3v) is 3.90. The summed E-state index contributed by atoms with van der Waals surface area (Å²) in [6.45, 7) is 8.41. The lowest BCUT2D eigenvalue weighted by molar-refractivity contribution is 0.0815. The van der Waals surface area contributed by atoms with Gasteiger partial charge in [0.15, 0.2) is 0 Å². The maximum Gasteiger partial charge on any atom is 0.0707 e. The first-order valence-electron chi connectivity index (χ1n) is 4.82. The van der Waals surface area contributed by atoms with Crippen LogP contribution in [0.5, 0.6) is 0 Å². The number of aliphatic hydroxyl groups is 1. The van der Waals surface area contributed by atoms with Gasteiger partial charge in [-0.25, -0.2) is 0 Å². The van der Waals surface area contributed by atoms with E-state index in [2.05, 4.69) is 13.8 Å². The Hall–Kier alpha value is 0.310. The lowest BCUT2D eigenvalue weighted by Crippen LogP contribution is -2.26. The van der Waals surface area contributed by atoms with E-state index < -0.39 is 5.60 Å². The van der Waals surface area contributed by atoms with Crippen LogP contribution in [0.3, 0.4) is 0 Å². The van der Waals surface area contributed by atoms with E-state index >= 15 is 0 Å². The molecule has 2 unspecified atom stereocenters. The Labute approximate surface area is 80.9 Å². The molecule has 1 N–H and O–H groups in total. The van der Waals surface area contributed by atoms with Crippen LogP contribution < -0.4 is 0 Å². The van der Waals surface area contributed by atoms with Crippen molar-refractivity contribution in [3.8, 4) is 0 Å². The maximum atomic E-state index is 9.69. The Morgan fingerprint density at radius 3 is 2.42 bits per heavy atom. The molecule has 0 rings (SSSR count). The molecule has 0 heterocycles. The zero-order valence-corrected chi connectivity index (χ0v) is 9.58. The fourth-order valence-electron chi connectivity index (χ4n) is 0.700. The van der Waals surface area contributed by atoms with Gasteiger partial charge < -0.3 is 5.11 Å². The molecule has 74 valence electrons. The molecule has 0 aliphatic heterocycles. The highest BCUT2D eigenvalue weighted by Gasteiger charge is 2.17. The third kappa shape index (κ3) is 5.90. The molecule has 2 heteroatoms. The van der Waals surface area contributed by atoms with Crippen LogP contribution in [0.4, 0.5) is 0 Å². The highest BCUT2D eigenvalue weighted by Crippen LogP contribution is 2.19. The summed E-state index contributed by atoms with van der Waals surface area (Å²) in [6.07, 6.45) is 2.09. The van der Waals surface area contributed by atoms with Gasteiger partial charge in [0, 0.05) is 5.75 Å². The van der Waals surface area contributed by atoms with Gasteiger partial charge in [0.1, 0.15) is 0 Å². The Morgan fingerprint density at radius 2 is 2.00 bits per heavy atom. The number of thioether (sulfide) groups is 1. The molecule has 0 bridgehead atoms. The maximum absolute atomic E-state index is 9.69. The van der Waals surface area contributed by atoms with Gasteiger partial charge in [-0.2, -0.15) is 11.8 Å². The summed E-state index contributed by atoms with van der Waals surface area (Å²) in [4.78, 5) is 0. The van der Waals surface area contributed by atoms with E-state index in [1.165, 1.54) is 12.2 Å². The average Bonchev–Trinajstić information content (AvgIpc) is 2.04. The summed E-state index contributed by atoms with van der Waals surface area (Å²) in [6, 6.07) is 0. The van der Waals surface area contributed by atoms with Gasteiger partial charge in [-0.05, 0) is 25.0 Å². The molecule has 0 fully saturated rings. The number of hydrogen-bond acceptors (Lipinski definition) is 2. The van der Waals surface area contributed by atoms with Gasteiger partial charge in [0.05, 0.1) is 5.60 Å². The molecule has 2 atom stereocenters. The van der Waals surface area contributed by atoms with Gasteiger partial charge >= 0.3 is 0 Å². The third-order valence-electron chi connectivity index (χ3n) is 2.27. The molecule has 0 saturated heterocycles. The first kappa shape index (κ1) is 12.3. The smallest absolute Gasteiger partial charge is 0.0707 e. The fourth-order valence-corrected chi connectivity index (χ4v) is 2.10. The van der Waals surface area contributed by atoms with Crippen molar-refractivity contribution in [2.75, 3.05) is 11.5 Å². The van der Waals surface area contributed by atoms with E-state index in [0.717, 1.165) is 18.1 Å². The summed E-state index contributed by atoms with van der Waals surface area (Å²) >= 11 is 1.87. The Morgan fingerprint density at radius 1 is 1.42 bits per heavy atom. The molecule has 0 aromatic carbocycles. The van der Waals surface area contributed by atoms with Crippen LogP contribution in [-0.4, -0.2) is 22.2 Å². The van der Waals surface area contributed by atoms with Crippen LogP contribution in [-0.2, 0) is 0 Å². The molecule has 1 nitrogen and oxygen atoms in total. The highest BCUT2D eigenvalue weighted by molar-refractivity contribution is 7.99. The first-order valence-corrected chi connectivity index (χ1v) is 5.97. The van der Waals surface area contributed by atoms with Crippen molar-refractivity contribution in [1.29, 1.82) is 0 Å². The monoisotopic (exact) mass is 190 g/mol. The van der Waals surface area contributed by atoms with E-state index in [-0.39, 0.29) is 0 Å². The summed E-state index contributed by atoms with van der Waals surface area (Å²) < 4.78 is 0.